The van der Waals surface area contributed by atoms with Gasteiger partial charge in [-0.1, -0.05) is 79.5 Å². The fourth-order valence-corrected chi connectivity index (χ4v) is 5.24. The topological polar surface area (TPSA) is 86.8 Å². The molecule has 0 aromatic heterocycles. The quantitative estimate of drug-likeness (QED) is 0.282. The fraction of sp³-hybridized carbons (Fsp3) is 0.333. The molecule has 0 aliphatic carbocycles. The van der Waals surface area contributed by atoms with Crippen molar-refractivity contribution in [3.63, 3.8) is 0 Å². The van der Waals surface area contributed by atoms with Gasteiger partial charge in [0, 0.05) is 30.1 Å². The Balaban J connectivity index is 2.05. The first-order valence-electron chi connectivity index (χ1n) is 13.1. The van der Waals surface area contributed by atoms with E-state index in [2.05, 4.69) is 5.32 Å². The van der Waals surface area contributed by atoms with Crippen molar-refractivity contribution in [2.75, 3.05) is 23.7 Å². The van der Waals surface area contributed by atoms with Crippen molar-refractivity contribution in [3.05, 3.63) is 100 Å². The second-order valence-corrected chi connectivity index (χ2v) is 12.0. The lowest BCUT2D eigenvalue weighted by atomic mass is 10.0. The highest BCUT2D eigenvalue weighted by atomic mass is 35.5. The zero-order valence-electron chi connectivity index (χ0n) is 22.9. The van der Waals surface area contributed by atoms with Crippen LogP contribution in [0.5, 0.6) is 0 Å². The van der Waals surface area contributed by atoms with Crippen molar-refractivity contribution in [1.82, 2.24) is 10.2 Å². The number of anilines is 1. The molecule has 40 heavy (non-hydrogen) atoms. The molecule has 0 radical (unpaired) electrons. The third-order valence-corrected chi connectivity index (χ3v) is 8.07. The average molecular weight is 588 g/mol. The van der Waals surface area contributed by atoms with Gasteiger partial charge in [-0.3, -0.25) is 13.9 Å². The minimum Gasteiger partial charge on any atom is -0.354 e. The number of hydrogen-bond acceptors (Lipinski definition) is 4. The van der Waals surface area contributed by atoms with Gasteiger partial charge in [-0.25, -0.2) is 12.8 Å². The van der Waals surface area contributed by atoms with Gasteiger partial charge in [0.1, 0.15) is 18.4 Å². The summed E-state index contributed by atoms with van der Waals surface area (Å²) in [5.41, 5.74) is 1.97. The summed E-state index contributed by atoms with van der Waals surface area (Å²) < 4.78 is 41.4. The number of halogens is 2. The van der Waals surface area contributed by atoms with E-state index in [4.69, 9.17) is 11.6 Å². The van der Waals surface area contributed by atoms with E-state index in [1.165, 1.54) is 29.2 Å². The molecule has 0 bridgehead atoms. The summed E-state index contributed by atoms with van der Waals surface area (Å²) >= 11 is 6.26. The number of hydrogen-bond donors (Lipinski definition) is 1. The Kier molecular flexibility index (Phi) is 11.1. The van der Waals surface area contributed by atoms with Crippen LogP contribution in [0, 0.1) is 12.7 Å². The van der Waals surface area contributed by atoms with Crippen LogP contribution in [0.2, 0.25) is 5.02 Å². The van der Waals surface area contributed by atoms with E-state index >= 15 is 0 Å². The molecular weight excluding hydrogens is 553 g/mol. The van der Waals surface area contributed by atoms with E-state index in [9.17, 15) is 22.4 Å². The molecule has 10 heteroatoms. The standard InChI is InChI=1S/C30H35ClFN3O4S/c1-4-5-17-33-30(37)28(18-23-11-7-6-8-12-23)34(20-24-13-9-10-14-27(24)32)29(36)21-35(40(3,38)39)25-16-15-22(2)26(31)19-25/h6-16,19,28H,4-5,17-18,20-21H2,1-3H3,(H,33,37). The summed E-state index contributed by atoms with van der Waals surface area (Å²) in [4.78, 5) is 28.8. The monoisotopic (exact) mass is 587 g/mol. The number of sulfonamides is 1. The summed E-state index contributed by atoms with van der Waals surface area (Å²) in [6.07, 6.45) is 2.77. The van der Waals surface area contributed by atoms with Crippen LogP contribution < -0.4 is 9.62 Å². The van der Waals surface area contributed by atoms with Crippen molar-refractivity contribution in [2.45, 2.75) is 45.7 Å². The van der Waals surface area contributed by atoms with E-state index in [1.54, 1.807) is 25.1 Å². The molecule has 0 aliphatic rings. The number of benzene rings is 3. The number of aryl methyl sites for hydroxylation is 1. The smallest absolute Gasteiger partial charge is 0.244 e. The van der Waals surface area contributed by atoms with Gasteiger partial charge in [-0.05, 0) is 42.7 Å². The molecule has 3 aromatic carbocycles. The Morgan fingerprint density at radius 1 is 1.02 bits per heavy atom. The molecule has 0 spiro atoms. The zero-order valence-corrected chi connectivity index (χ0v) is 24.5. The fourth-order valence-electron chi connectivity index (χ4n) is 4.22. The Bertz CT molecular complexity index is 1420. The minimum absolute atomic E-state index is 0.161. The van der Waals surface area contributed by atoms with E-state index < -0.39 is 40.2 Å². The summed E-state index contributed by atoms with van der Waals surface area (Å²) in [5, 5.41) is 3.24. The molecule has 1 atom stereocenters. The lowest BCUT2D eigenvalue weighted by Gasteiger charge is -2.33. The van der Waals surface area contributed by atoms with Crippen molar-refractivity contribution >= 4 is 39.1 Å². The second kappa shape index (κ2) is 14.3. The van der Waals surface area contributed by atoms with Crippen molar-refractivity contribution in [3.8, 4) is 0 Å². The van der Waals surface area contributed by atoms with Crippen LogP contribution in [0.4, 0.5) is 10.1 Å². The number of amides is 2. The summed E-state index contributed by atoms with van der Waals surface area (Å²) in [7, 11) is -3.93. The number of carbonyl (C=O) groups is 2. The first-order valence-corrected chi connectivity index (χ1v) is 15.3. The largest absolute Gasteiger partial charge is 0.354 e. The number of unbranched alkanes of at least 4 members (excludes halogenated alkanes) is 1. The molecule has 3 aromatic rings. The third kappa shape index (κ3) is 8.53. The first-order chi connectivity index (χ1) is 19.0. The Labute approximate surface area is 241 Å². The van der Waals surface area contributed by atoms with Crippen LogP contribution in [-0.2, 0) is 32.6 Å². The van der Waals surface area contributed by atoms with Gasteiger partial charge in [-0.2, -0.15) is 0 Å². The van der Waals surface area contributed by atoms with E-state index in [1.807, 2.05) is 37.3 Å². The molecule has 2 amide bonds. The molecular formula is C30H35ClFN3O4S. The molecule has 1 unspecified atom stereocenters. The molecule has 0 heterocycles. The summed E-state index contributed by atoms with van der Waals surface area (Å²) in [5.74, 6) is -1.58. The Morgan fingerprint density at radius 3 is 2.33 bits per heavy atom. The summed E-state index contributed by atoms with van der Waals surface area (Å²) in [6.45, 7) is 3.37. The Hall–Kier alpha value is -3.43. The SMILES string of the molecule is CCCCNC(=O)C(Cc1ccccc1)N(Cc1ccccc1F)C(=O)CN(c1ccc(C)c(Cl)c1)S(C)(=O)=O. The van der Waals surface area contributed by atoms with Gasteiger partial charge in [-0.15, -0.1) is 0 Å². The van der Waals surface area contributed by atoms with E-state index in [-0.39, 0.29) is 24.2 Å². The second-order valence-electron chi connectivity index (χ2n) is 9.67. The van der Waals surface area contributed by atoms with Crippen LogP contribution in [0.25, 0.3) is 0 Å². The zero-order chi connectivity index (χ0) is 29.3. The van der Waals surface area contributed by atoms with Crippen molar-refractivity contribution < 1.29 is 22.4 Å². The van der Waals surface area contributed by atoms with Gasteiger partial charge >= 0.3 is 0 Å². The van der Waals surface area contributed by atoms with Gasteiger partial charge in [0.15, 0.2) is 0 Å². The summed E-state index contributed by atoms with van der Waals surface area (Å²) in [6, 6.07) is 18.9. The highest BCUT2D eigenvalue weighted by molar-refractivity contribution is 7.92. The van der Waals surface area contributed by atoms with E-state index in [0.717, 1.165) is 34.5 Å². The van der Waals surface area contributed by atoms with Crippen LogP contribution >= 0.6 is 11.6 Å². The highest BCUT2D eigenvalue weighted by Gasteiger charge is 2.33. The van der Waals surface area contributed by atoms with Crippen LogP contribution in [0.15, 0.2) is 72.8 Å². The number of nitrogens with one attached hydrogen (secondary N) is 1. The lowest BCUT2D eigenvalue weighted by molar-refractivity contribution is -0.140. The third-order valence-electron chi connectivity index (χ3n) is 6.52. The molecule has 1 N–H and O–H groups in total. The average Bonchev–Trinajstić information content (AvgIpc) is 2.91. The predicted octanol–water partition coefficient (Wildman–Crippen LogP) is 5.11. The maximum Gasteiger partial charge on any atom is 0.244 e. The van der Waals surface area contributed by atoms with Crippen molar-refractivity contribution in [1.29, 1.82) is 0 Å². The molecule has 0 fully saturated rings. The lowest BCUT2D eigenvalue weighted by Crippen LogP contribution is -2.53. The number of nitrogens with zero attached hydrogens (tertiary/aromatic N) is 2. The maximum atomic E-state index is 14.8. The maximum absolute atomic E-state index is 14.8. The van der Waals surface area contributed by atoms with Crippen molar-refractivity contribution in [2.24, 2.45) is 0 Å². The normalized spacial score (nSPS) is 12.0. The van der Waals surface area contributed by atoms with Gasteiger partial charge in [0.2, 0.25) is 21.8 Å². The van der Waals surface area contributed by atoms with Gasteiger partial charge in [0.25, 0.3) is 0 Å². The number of carbonyl (C=O) groups excluding carboxylic acids is 2. The van der Waals surface area contributed by atoms with Crippen LogP contribution in [0.3, 0.4) is 0 Å². The van der Waals surface area contributed by atoms with Gasteiger partial charge in [0.05, 0.1) is 11.9 Å². The number of rotatable bonds is 13. The molecule has 0 saturated heterocycles. The highest BCUT2D eigenvalue weighted by Crippen LogP contribution is 2.26. The molecule has 3 rings (SSSR count). The van der Waals surface area contributed by atoms with E-state index in [0.29, 0.717) is 11.6 Å². The molecule has 0 aliphatic heterocycles. The minimum atomic E-state index is -3.93. The predicted molar refractivity (Wildman–Crippen MR) is 157 cm³/mol. The molecule has 0 saturated carbocycles. The Morgan fingerprint density at radius 2 is 1.70 bits per heavy atom. The molecule has 214 valence electrons. The molecule has 7 nitrogen and oxygen atoms in total. The van der Waals surface area contributed by atoms with Crippen LogP contribution in [-0.4, -0.2) is 50.5 Å². The first kappa shape index (κ1) is 31.1. The van der Waals surface area contributed by atoms with Gasteiger partial charge < -0.3 is 10.2 Å². The van der Waals surface area contributed by atoms with Crippen LogP contribution in [0.1, 0.15) is 36.5 Å².